The van der Waals surface area contributed by atoms with Crippen LogP contribution in [0.2, 0.25) is 0 Å². The first-order valence-electron chi connectivity index (χ1n) is 6.43. The summed E-state index contributed by atoms with van der Waals surface area (Å²) in [5, 5.41) is 9.37. The van der Waals surface area contributed by atoms with Crippen LogP contribution in [0, 0.1) is 0 Å². The van der Waals surface area contributed by atoms with Crippen molar-refractivity contribution in [3.8, 4) is 17.2 Å². The normalized spacial score (nSPS) is 12.4. The number of phenols is 1. The lowest BCUT2D eigenvalue weighted by Gasteiger charge is -2.04. The van der Waals surface area contributed by atoms with E-state index in [1.807, 2.05) is 18.2 Å². The first-order chi connectivity index (χ1) is 9.72. The van der Waals surface area contributed by atoms with Crippen LogP contribution in [0.1, 0.15) is 22.3 Å². The summed E-state index contributed by atoms with van der Waals surface area (Å²) in [6.45, 7) is 0.251. The molecule has 0 saturated carbocycles. The molecule has 0 radical (unpaired) electrons. The van der Waals surface area contributed by atoms with Crippen molar-refractivity contribution in [1.29, 1.82) is 0 Å². The summed E-state index contributed by atoms with van der Waals surface area (Å²) >= 11 is 0. The number of ether oxygens (including phenoxy) is 2. The molecule has 1 N–H and O–H groups in total. The van der Waals surface area contributed by atoms with Crippen molar-refractivity contribution in [3.63, 3.8) is 0 Å². The average Bonchev–Trinajstić information content (AvgIpc) is 2.92. The summed E-state index contributed by atoms with van der Waals surface area (Å²) < 4.78 is 10.6. The molecule has 0 atom stereocenters. The van der Waals surface area contributed by atoms with E-state index in [0.717, 1.165) is 17.1 Å². The fourth-order valence-electron chi connectivity index (χ4n) is 2.18. The highest BCUT2D eigenvalue weighted by molar-refractivity contribution is 5.96. The minimum atomic E-state index is 0.0126. The van der Waals surface area contributed by atoms with E-state index in [9.17, 15) is 9.90 Å². The SMILES string of the molecule is O=C(CCc1ccc2c(c1)OCO2)c1cccc(O)c1. The summed E-state index contributed by atoms with van der Waals surface area (Å²) in [5.74, 6) is 1.60. The highest BCUT2D eigenvalue weighted by atomic mass is 16.7. The molecule has 1 aliphatic heterocycles. The van der Waals surface area contributed by atoms with E-state index in [1.165, 1.54) is 6.07 Å². The van der Waals surface area contributed by atoms with Gasteiger partial charge in [0.15, 0.2) is 17.3 Å². The van der Waals surface area contributed by atoms with Gasteiger partial charge in [-0.05, 0) is 36.2 Å². The molecule has 4 nitrogen and oxygen atoms in total. The Morgan fingerprint density at radius 3 is 2.80 bits per heavy atom. The van der Waals surface area contributed by atoms with Gasteiger partial charge in [0.1, 0.15) is 5.75 Å². The molecule has 0 aliphatic carbocycles. The average molecular weight is 270 g/mol. The van der Waals surface area contributed by atoms with Crippen molar-refractivity contribution in [2.75, 3.05) is 6.79 Å². The first kappa shape index (κ1) is 12.5. The maximum Gasteiger partial charge on any atom is 0.231 e. The second-order valence-corrected chi connectivity index (χ2v) is 4.66. The van der Waals surface area contributed by atoms with E-state index >= 15 is 0 Å². The molecular weight excluding hydrogens is 256 g/mol. The minimum absolute atomic E-state index is 0.0126. The van der Waals surface area contributed by atoms with E-state index in [1.54, 1.807) is 18.2 Å². The Bertz CT molecular complexity index is 649. The summed E-state index contributed by atoms with van der Waals surface area (Å²) in [6, 6.07) is 12.1. The van der Waals surface area contributed by atoms with Crippen LogP contribution in [-0.4, -0.2) is 17.7 Å². The van der Waals surface area contributed by atoms with Gasteiger partial charge in [-0.25, -0.2) is 0 Å². The molecule has 2 aromatic carbocycles. The number of ketones is 1. The van der Waals surface area contributed by atoms with Crippen LogP contribution in [0.3, 0.4) is 0 Å². The molecule has 0 unspecified atom stereocenters. The van der Waals surface area contributed by atoms with Crippen LogP contribution in [0.15, 0.2) is 42.5 Å². The van der Waals surface area contributed by atoms with Crippen LogP contribution in [-0.2, 0) is 6.42 Å². The van der Waals surface area contributed by atoms with Gasteiger partial charge in [-0.1, -0.05) is 18.2 Å². The number of benzene rings is 2. The van der Waals surface area contributed by atoms with E-state index in [4.69, 9.17) is 9.47 Å². The van der Waals surface area contributed by atoms with Crippen molar-refractivity contribution in [2.24, 2.45) is 0 Å². The molecule has 4 heteroatoms. The molecular formula is C16H14O4. The lowest BCUT2D eigenvalue weighted by atomic mass is 10.0. The van der Waals surface area contributed by atoms with Gasteiger partial charge in [-0.3, -0.25) is 4.79 Å². The molecule has 0 saturated heterocycles. The summed E-state index contributed by atoms with van der Waals surface area (Å²) in [7, 11) is 0. The molecule has 20 heavy (non-hydrogen) atoms. The van der Waals surface area contributed by atoms with Gasteiger partial charge in [0, 0.05) is 12.0 Å². The molecule has 0 spiro atoms. The highest BCUT2D eigenvalue weighted by Crippen LogP contribution is 2.32. The Morgan fingerprint density at radius 1 is 1.10 bits per heavy atom. The molecule has 2 aromatic rings. The maximum absolute atomic E-state index is 12.0. The van der Waals surface area contributed by atoms with Crippen molar-refractivity contribution < 1.29 is 19.4 Å². The molecule has 1 aliphatic rings. The number of aromatic hydroxyl groups is 1. The zero-order valence-electron chi connectivity index (χ0n) is 10.8. The predicted molar refractivity (Wildman–Crippen MR) is 73.3 cm³/mol. The van der Waals surface area contributed by atoms with Gasteiger partial charge < -0.3 is 14.6 Å². The number of phenolic OH excluding ortho intramolecular Hbond substituents is 1. The Balaban J connectivity index is 1.66. The number of Topliss-reactive ketones (excluding diaryl/α,β-unsaturated/α-hetero) is 1. The maximum atomic E-state index is 12.0. The number of hydrogen-bond donors (Lipinski definition) is 1. The first-order valence-corrected chi connectivity index (χ1v) is 6.43. The largest absolute Gasteiger partial charge is 0.508 e. The number of aryl methyl sites for hydroxylation is 1. The van der Waals surface area contributed by atoms with Crippen LogP contribution >= 0.6 is 0 Å². The number of hydrogen-bond acceptors (Lipinski definition) is 4. The smallest absolute Gasteiger partial charge is 0.231 e. The third kappa shape index (κ3) is 2.59. The second kappa shape index (κ2) is 5.25. The molecule has 0 amide bonds. The molecule has 102 valence electrons. The van der Waals surface area contributed by atoms with E-state index < -0.39 is 0 Å². The zero-order chi connectivity index (χ0) is 13.9. The van der Waals surface area contributed by atoms with Crippen molar-refractivity contribution in [1.82, 2.24) is 0 Å². The van der Waals surface area contributed by atoms with Gasteiger partial charge in [-0.2, -0.15) is 0 Å². The van der Waals surface area contributed by atoms with E-state index in [2.05, 4.69) is 0 Å². The quantitative estimate of drug-likeness (QED) is 0.868. The molecule has 0 bridgehead atoms. The zero-order valence-corrected chi connectivity index (χ0v) is 10.8. The van der Waals surface area contributed by atoms with Crippen LogP contribution < -0.4 is 9.47 Å². The molecule has 0 fully saturated rings. The fraction of sp³-hybridized carbons (Fsp3) is 0.188. The number of carbonyl (C=O) groups excluding carboxylic acids is 1. The van der Waals surface area contributed by atoms with Crippen LogP contribution in [0.5, 0.6) is 17.2 Å². The third-order valence-corrected chi connectivity index (χ3v) is 3.25. The number of fused-ring (bicyclic) bond motifs is 1. The number of rotatable bonds is 4. The summed E-state index contributed by atoms with van der Waals surface area (Å²) in [4.78, 5) is 12.0. The fourth-order valence-corrected chi connectivity index (χ4v) is 2.18. The van der Waals surface area contributed by atoms with Crippen LogP contribution in [0.25, 0.3) is 0 Å². The van der Waals surface area contributed by atoms with E-state index in [0.29, 0.717) is 18.4 Å². The topological polar surface area (TPSA) is 55.8 Å². The minimum Gasteiger partial charge on any atom is -0.508 e. The van der Waals surface area contributed by atoms with E-state index in [-0.39, 0.29) is 18.3 Å². The third-order valence-electron chi connectivity index (χ3n) is 3.25. The van der Waals surface area contributed by atoms with Gasteiger partial charge in [0.25, 0.3) is 0 Å². The summed E-state index contributed by atoms with van der Waals surface area (Å²) in [6.07, 6.45) is 1.02. The lowest BCUT2D eigenvalue weighted by Crippen LogP contribution is -2.01. The highest BCUT2D eigenvalue weighted by Gasteiger charge is 2.14. The predicted octanol–water partition coefficient (Wildman–Crippen LogP) is 2.94. The van der Waals surface area contributed by atoms with Gasteiger partial charge >= 0.3 is 0 Å². The van der Waals surface area contributed by atoms with Crippen molar-refractivity contribution >= 4 is 5.78 Å². The Morgan fingerprint density at radius 2 is 1.95 bits per heavy atom. The van der Waals surface area contributed by atoms with Crippen LogP contribution in [0.4, 0.5) is 0 Å². The molecule has 3 rings (SSSR count). The monoisotopic (exact) mass is 270 g/mol. The van der Waals surface area contributed by atoms with Gasteiger partial charge in [0.2, 0.25) is 6.79 Å². The molecule has 0 aromatic heterocycles. The number of carbonyl (C=O) groups is 1. The Kier molecular flexibility index (Phi) is 3.29. The second-order valence-electron chi connectivity index (χ2n) is 4.66. The summed E-state index contributed by atoms with van der Waals surface area (Å²) in [5.41, 5.74) is 1.56. The standard InChI is InChI=1S/C16H14O4/c17-13-3-1-2-12(9-13)14(18)6-4-11-5-7-15-16(8-11)20-10-19-15/h1-3,5,7-9,17H,4,6,10H2. The molecule has 1 heterocycles. The lowest BCUT2D eigenvalue weighted by molar-refractivity contribution is 0.0982. The van der Waals surface area contributed by atoms with Crippen molar-refractivity contribution in [3.05, 3.63) is 53.6 Å². The Labute approximate surface area is 116 Å². The van der Waals surface area contributed by atoms with Crippen molar-refractivity contribution in [2.45, 2.75) is 12.8 Å². The Hall–Kier alpha value is -2.49. The van der Waals surface area contributed by atoms with Gasteiger partial charge in [-0.15, -0.1) is 0 Å². The van der Waals surface area contributed by atoms with Gasteiger partial charge in [0.05, 0.1) is 0 Å².